The second-order valence-corrected chi connectivity index (χ2v) is 4.70. The molecule has 0 aliphatic rings. The summed E-state index contributed by atoms with van der Waals surface area (Å²) in [5.41, 5.74) is 0.329. The highest BCUT2D eigenvalue weighted by atomic mass is 16.5. The number of benzene rings is 2. The van der Waals surface area contributed by atoms with Crippen molar-refractivity contribution in [1.82, 2.24) is 10.2 Å². The third-order valence-electron chi connectivity index (χ3n) is 2.98. The van der Waals surface area contributed by atoms with Crippen LogP contribution in [0.15, 0.2) is 71.5 Å². The van der Waals surface area contributed by atoms with Crippen LogP contribution >= 0.6 is 0 Å². The third-order valence-corrected chi connectivity index (χ3v) is 2.98. The smallest absolute Gasteiger partial charge is 0.276 e. The van der Waals surface area contributed by atoms with Gasteiger partial charge in [0.25, 0.3) is 11.5 Å². The van der Waals surface area contributed by atoms with Gasteiger partial charge in [0.1, 0.15) is 17.2 Å². The molecule has 0 saturated carbocycles. The van der Waals surface area contributed by atoms with Crippen molar-refractivity contribution >= 4 is 11.6 Å². The SMILES string of the molecule is O=C(Nc1cccc(Oc2ccccc2)c1)c1ccc(=O)[nH]n1. The predicted molar refractivity (Wildman–Crippen MR) is 85.8 cm³/mol. The molecule has 0 unspecified atom stereocenters. The van der Waals surface area contributed by atoms with Gasteiger partial charge >= 0.3 is 0 Å². The molecule has 0 aliphatic carbocycles. The number of carbonyl (C=O) groups excluding carboxylic acids is 1. The van der Waals surface area contributed by atoms with E-state index >= 15 is 0 Å². The highest BCUT2D eigenvalue weighted by molar-refractivity contribution is 6.02. The number of aromatic amines is 1. The second kappa shape index (κ2) is 6.57. The van der Waals surface area contributed by atoms with E-state index in [4.69, 9.17) is 4.74 Å². The van der Waals surface area contributed by atoms with Crippen molar-refractivity contribution in [1.29, 1.82) is 0 Å². The van der Waals surface area contributed by atoms with Crippen LogP contribution in [0.4, 0.5) is 5.69 Å². The van der Waals surface area contributed by atoms with E-state index in [1.807, 2.05) is 30.3 Å². The third kappa shape index (κ3) is 3.82. The minimum Gasteiger partial charge on any atom is -0.457 e. The summed E-state index contributed by atoms with van der Waals surface area (Å²) in [5, 5.41) is 8.60. The Balaban J connectivity index is 1.73. The summed E-state index contributed by atoms with van der Waals surface area (Å²) in [5.74, 6) is 0.889. The summed E-state index contributed by atoms with van der Waals surface area (Å²) in [6.07, 6.45) is 0. The first-order chi connectivity index (χ1) is 11.2. The van der Waals surface area contributed by atoms with Gasteiger partial charge in [-0.05, 0) is 30.3 Å². The van der Waals surface area contributed by atoms with Gasteiger partial charge in [0.05, 0.1) is 0 Å². The van der Waals surface area contributed by atoms with Crippen LogP contribution in [0.2, 0.25) is 0 Å². The number of hydrogen-bond donors (Lipinski definition) is 2. The first-order valence-corrected chi connectivity index (χ1v) is 6.91. The maximum atomic E-state index is 12.1. The first kappa shape index (κ1) is 14.5. The summed E-state index contributed by atoms with van der Waals surface area (Å²) < 4.78 is 5.71. The zero-order valence-electron chi connectivity index (χ0n) is 12.0. The average Bonchev–Trinajstić information content (AvgIpc) is 2.57. The molecule has 0 saturated heterocycles. The molecule has 0 fully saturated rings. The maximum Gasteiger partial charge on any atom is 0.276 e. The van der Waals surface area contributed by atoms with Crippen molar-refractivity contribution in [3.05, 3.63) is 82.8 Å². The molecule has 23 heavy (non-hydrogen) atoms. The van der Waals surface area contributed by atoms with Crippen LogP contribution in [-0.2, 0) is 0 Å². The number of anilines is 1. The van der Waals surface area contributed by atoms with Crippen molar-refractivity contribution in [3.8, 4) is 11.5 Å². The molecule has 2 aromatic carbocycles. The molecule has 3 rings (SSSR count). The van der Waals surface area contributed by atoms with E-state index in [1.54, 1.807) is 24.3 Å². The molecule has 0 atom stereocenters. The Morgan fingerprint density at radius 1 is 0.957 bits per heavy atom. The minimum absolute atomic E-state index is 0.124. The van der Waals surface area contributed by atoms with E-state index in [1.165, 1.54) is 12.1 Å². The lowest BCUT2D eigenvalue weighted by molar-refractivity contribution is 0.102. The molecule has 1 amide bonds. The number of para-hydroxylation sites is 1. The summed E-state index contributed by atoms with van der Waals surface area (Å²) in [4.78, 5) is 23.0. The highest BCUT2D eigenvalue weighted by Crippen LogP contribution is 2.23. The second-order valence-electron chi connectivity index (χ2n) is 4.70. The van der Waals surface area contributed by atoms with E-state index in [0.29, 0.717) is 17.2 Å². The number of nitrogens with zero attached hydrogens (tertiary/aromatic N) is 1. The summed E-state index contributed by atoms with van der Waals surface area (Å²) in [6.45, 7) is 0. The number of nitrogens with one attached hydrogen (secondary N) is 2. The monoisotopic (exact) mass is 307 g/mol. The number of rotatable bonds is 4. The van der Waals surface area contributed by atoms with Crippen LogP contribution in [0, 0.1) is 0 Å². The van der Waals surface area contributed by atoms with Gasteiger partial charge in [0.2, 0.25) is 0 Å². The molecular weight excluding hydrogens is 294 g/mol. The first-order valence-electron chi connectivity index (χ1n) is 6.91. The molecule has 3 aromatic rings. The van der Waals surface area contributed by atoms with Crippen molar-refractivity contribution in [2.45, 2.75) is 0 Å². The molecular formula is C17H13N3O3. The van der Waals surface area contributed by atoms with Gasteiger partial charge in [-0.2, -0.15) is 5.10 Å². The lowest BCUT2D eigenvalue weighted by atomic mass is 10.2. The summed E-state index contributed by atoms with van der Waals surface area (Å²) in [7, 11) is 0. The normalized spacial score (nSPS) is 10.1. The van der Waals surface area contributed by atoms with Crippen LogP contribution in [0.1, 0.15) is 10.5 Å². The van der Waals surface area contributed by atoms with Gasteiger partial charge in [-0.3, -0.25) is 9.59 Å². The van der Waals surface area contributed by atoms with Crippen molar-refractivity contribution in [3.63, 3.8) is 0 Å². The molecule has 6 heteroatoms. The lowest BCUT2D eigenvalue weighted by Crippen LogP contribution is -2.17. The number of H-pyrrole nitrogens is 1. The van der Waals surface area contributed by atoms with Crippen LogP contribution in [0.25, 0.3) is 0 Å². The van der Waals surface area contributed by atoms with Gasteiger partial charge in [-0.1, -0.05) is 24.3 Å². The van der Waals surface area contributed by atoms with Gasteiger partial charge in [0.15, 0.2) is 0 Å². The van der Waals surface area contributed by atoms with Gasteiger partial charge in [0, 0.05) is 17.8 Å². The standard InChI is InChI=1S/C17H13N3O3/c21-16-10-9-15(19-20-16)17(22)18-12-5-4-8-14(11-12)23-13-6-2-1-3-7-13/h1-11H,(H,18,22)(H,20,21). The van der Waals surface area contributed by atoms with Crippen LogP contribution in [0.3, 0.4) is 0 Å². The number of aromatic nitrogens is 2. The number of hydrogen-bond acceptors (Lipinski definition) is 4. The molecule has 6 nitrogen and oxygen atoms in total. The van der Waals surface area contributed by atoms with E-state index in [2.05, 4.69) is 15.5 Å². The molecule has 0 bridgehead atoms. The van der Waals surface area contributed by atoms with Crippen LogP contribution in [0.5, 0.6) is 11.5 Å². The topological polar surface area (TPSA) is 84.1 Å². The minimum atomic E-state index is -0.418. The Morgan fingerprint density at radius 2 is 1.74 bits per heavy atom. The maximum absolute atomic E-state index is 12.1. The molecule has 0 aliphatic heterocycles. The van der Waals surface area contributed by atoms with E-state index < -0.39 is 5.91 Å². The zero-order chi connectivity index (χ0) is 16.1. The fraction of sp³-hybridized carbons (Fsp3) is 0. The van der Waals surface area contributed by atoms with Crippen molar-refractivity contribution in [2.75, 3.05) is 5.32 Å². The molecule has 114 valence electrons. The number of carbonyl (C=O) groups is 1. The largest absolute Gasteiger partial charge is 0.457 e. The Morgan fingerprint density at radius 3 is 2.48 bits per heavy atom. The number of amides is 1. The predicted octanol–water partition coefficient (Wildman–Crippen LogP) is 2.81. The van der Waals surface area contributed by atoms with E-state index in [-0.39, 0.29) is 11.3 Å². The fourth-order valence-electron chi connectivity index (χ4n) is 1.93. The molecule has 2 N–H and O–H groups in total. The fourth-order valence-corrected chi connectivity index (χ4v) is 1.93. The molecule has 0 radical (unpaired) electrons. The van der Waals surface area contributed by atoms with Gasteiger partial charge in [-0.15, -0.1) is 0 Å². The summed E-state index contributed by atoms with van der Waals surface area (Å²) >= 11 is 0. The molecule has 0 spiro atoms. The Labute approximate surface area is 131 Å². The molecule has 1 heterocycles. The molecule has 1 aromatic heterocycles. The van der Waals surface area contributed by atoms with E-state index in [0.717, 1.165) is 0 Å². The van der Waals surface area contributed by atoms with E-state index in [9.17, 15) is 9.59 Å². The van der Waals surface area contributed by atoms with Crippen LogP contribution in [-0.4, -0.2) is 16.1 Å². The lowest BCUT2D eigenvalue weighted by Gasteiger charge is -2.08. The highest BCUT2D eigenvalue weighted by Gasteiger charge is 2.08. The van der Waals surface area contributed by atoms with Crippen molar-refractivity contribution < 1.29 is 9.53 Å². The number of ether oxygens (including phenoxy) is 1. The Hall–Kier alpha value is -3.41. The Bertz CT molecular complexity index is 855. The summed E-state index contributed by atoms with van der Waals surface area (Å²) in [6, 6.07) is 19.0. The quantitative estimate of drug-likeness (QED) is 0.776. The van der Waals surface area contributed by atoms with Gasteiger partial charge in [-0.25, -0.2) is 5.10 Å². The Kier molecular flexibility index (Phi) is 4.15. The zero-order valence-corrected chi connectivity index (χ0v) is 12.0. The van der Waals surface area contributed by atoms with Gasteiger partial charge < -0.3 is 10.1 Å². The van der Waals surface area contributed by atoms with Crippen LogP contribution < -0.4 is 15.6 Å². The van der Waals surface area contributed by atoms with Crippen molar-refractivity contribution in [2.24, 2.45) is 0 Å². The average molecular weight is 307 g/mol.